The van der Waals surface area contributed by atoms with E-state index in [-0.39, 0.29) is 23.5 Å². The molecule has 0 spiro atoms. The van der Waals surface area contributed by atoms with Gasteiger partial charge in [-0.3, -0.25) is 10.1 Å². The molecule has 110 valence electrons. The van der Waals surface area contributed by atoms with Gasteiger partial charge < -0.3 is 5.32 Å². The fourth-order valence-electron chi connectivity index (χ4n) is 2.38. The molecule has 0 bridgehead atoms. The number of thioether (sulfide) groups is 1. The van der Waals surface area contributed by atoms with Crippen LogP contribution in [-0.4, -0.2) is 23.2 Å². The lowest BCUT2D eigenvalue weighted by Crippen LogP contribution is -2.50. The van der Waals surface area contributed by atoms with Crippen molar-refractivity contribution in [2.75, 3.05) is 5.75 Å². The molecule has 3 nitrogen and oxygen atoms in total. The first-order valence-electron chi connectivity index (χ1n) is 7.10. The summed E-state index contributed by atoms with van der Waals surface area (Å²) in [6.07, 6.45) is 0. The number of rotatable bonds is 3. The fourth-order valence-corrected chi connectivity index (χ4v) is 3.49. The topological polar surface area (TPSA) is 41.1 Å². The summed E-state index contributed by atoms with van der Waals surface area (Å²) in [7, 11) is 0. The molecule has 4 heteroatoms. The van der Waals surface area contributed by atoms with Gasteiger partial charge in [0.15, 0.2) is 0 Å². The number of benzene rings is 1. The number of hydrogen-bond acceptors (Lipinski definition) is 3. The van der Waals surface area contributed by atoms with Crippen LogP contribution in [0, 0.1) is 0 Å². The summed E-state index contributed by atoms with van der Waals surface area (Å²) < 4.78 is 0. The van der Waals surface area contributed by atoms with Crippen molar-refractivity contribution < 1.29 is 4.79 Å². The number of fused-ring (bicyclic) bond motifs is 1. The predicted molar refractivity (Wildman–Crippen MR) is 85.8 cm³/mol. The lowest BCUT2D eigenvalue weighted by Gasteiger charge is -2.30. The Morgan fingerprint density at radius 2 is 2.05 bits per heavy atom. The molecule has 0 fully saturated rings. The molecule has 1 aromatic carbocycles. The summed E-state index contributed by atoms with van der Waals surface area (Å²) in [5.74, 6) is 2.15. The zero-order valence-corrected chi connectivity index (χ0v) is 13.5. The van der Waals surface area contributed by atoms with Gasteiger partial charge in [-0.2, -0.15) is 11.8 Å². The average molecular weight is 292 g/mol. The normalized spacial score (nSPS) is 20.1. The van der Waals surface area contributed by atoms with Crippen LogP contribution in [0.15, 0.2) is 24.3 Å². The van der Waals surface area contributed by atoms with Gasteiger partial charge in [-0.15, -0.1) is 0 Å². The van der Waals surface area contributed by atoms with E-state index < -0.39 is 0 Å². The maximum absolute atomic E-state index is 12.2. The minimum atomic E-state index is -0.189. The van der Waals surface area contributed by atoms with Crippen LogP contribution in [0.1, 0.15) is 44.9 Å². The summed E-state index contributed by atoms with van der Waals surface area (Å²) in [5.41, 5.74) is 2.53. The fraction of sp³-hybridized carbons (Fsp3) is 0.562. The van der Waals surface area contributed by atoms with Gasteiger partial charge in [0.25, 0.3) is 0 Å². The second-order valence-corrected chi connectivity index (χ2v) is 7.42. The highest BCUT2D eigenvalue weighted by Gasteiger charge is 2.25. The Hall–Kier alpha value is -1.00. The molecule has 1 heterocycles. The van der Waals surface area contributed by atoms with E-state index in [1.54, 1.807) is 0 Å². The van der Waals surface area contributed by atoms with E-state index in [9.17, 15) is 4.79 Å². The lowest BCUT2D eigenvalue weighted by atomic mass is 10.0. The Morgan fingerprint density at radius 3 is 2.75 bits per heavy atom. The van der Waals surface area contributed by atoms with Gasteiger partial charge in [0, 0.05) is 23.1 Å². The maximum atomic E-state index is 12.2. The van der Waals surface area contributed by atoms with Gasteiger partial charge in [-0.1, -0.05) is 24.3 Å². The zero-order valence-electron chi connectivity index (χ0n) is 12.7. The van der Waals surface area contributed by atoms with Crippen LogP contribution in [0.5, 0.6) is 0 Å². The van der Waals surface area contributed by atoms with Crippen LogP contribution < -0.4 is 10.6 Å². The molecule has 2 atom stereocenters. The number of carbonyl (C=O) groups excluding carboxylic acids is 1. The maximum Gasteiger partial charge on any atom is 0.237 e. The van der Waals surface area contributed by atoms with Crippen molar-refractivity contribution in [2.45, 2.75) is 51.1 Å². The predicted octanol–water partition coefficient (Wildman–Crippen LogP) is 2.87. The van der Waals surface area contributed by atoms with E-state index in [1.165, 1.54) is 11.1 Å². The Labute approximate surface area is 125 Å². The molecule has 20 heavy (non-hydrogen) atoms. The standard InChI is InChI=1S/C16H24N2OS/c1-11(15(19)18-16(2,3)4)17-14-10-20-9-12-7-5-6-8-13(12)14/h5-8,11,14,17H,9-10H2,1-4H3,(H,18,19). The molecule has 1 aromatic rings. The minimum absolute atomic E-state index is 0.0607. The first kappa shape index (κ1) is 15.4. The number of amides is 1. The molecule has 2 rings (SSSR count). The first-order valence-corrected chi connectivity index (χ1v) is 8.26. The van der Waals surface area contributed by atoms with E-state index in [2.05, 4.69) is 34.9 Å². The van der Waals surface area contributed by atoms with Gasteiger partial charge >= 0.3 is 0 Å². The van der Waals surface area contributed by atoms with Gasteiger partial charge in [-0.05, 0) is 38.8 Å². The summed E-state index contributed by atoms with van der Waals surface area (Å²) in [4.78, 5) is 12.2. The van der Waals surface area contributed by atoms with Crippen LogP contribution in [0.4, 0.5) is 0 Å². The molecule has 2 N–H and O–H groups in total. The quantitative estimate of drug-likeness (QED) is 0.900. The molecule has 2 unspecified atom stereocenters. The van der Waals surface area contributed by atoms with Crippen molar-refractivity contribution in [3.8, 4) is 0 Å². The number of hydrogen-bond donors (Lipinski definition) is 2. The molecular formula is C16H24N2OS. The summed E-state index contributed by atoms with van der Waals surface area (Å²) in [5, 5.41) is 6.49. The van der Waals surface area contributed by atoms with Crippen molar-refractivity contribution in [1.82, 2.24) is 10.6 Å². The minimum Gasteiger partial charge on any atom is -0.350 e. The molecule has 1 aliphatic heterocycles. The molecule has 0 saturated heterocycles. The van der Waals surface area contributed by atoms with E-state index in [0.29, 0.717) is 0 Å². The van der Waals surface area contributed by atoms with Crippen molar-refractivity contribution >= 4 is 17.7 Å². The van der Waals surface area contributed by atoms with Crippen LogP contribution in [-0.2, 0) is 10.5 Å². The number of carbonyl (C=O) groups is 1. The van der Waals surface area contributed by atoms with Crippen molar-refractivity contribution in [2.24, 2.45) is 0 Å². The van der Waals surface area contributed by atoms with Crippen LogP contribution in [0.3, 0.4) is 0 Å². The number of nitrogens with one attached hydrogen (secondary N) is 2. The third-order valence-corrected chi connectivity index (χ3v) is 4.40. The van der Waals surface area contributed by atoms with E-state index in [1.807, 2.05) is 39.5 Å². The first-order chi connectivity index (χ1) is 9.37. The van der Waals surface area contributed by atoms with Crippen LogP contribution >= 0.6 is 11.8 Å². The Bertz CT molecular complexity index is 482. The van der Waals surface area contributed by atoms with Crippen LogP contribution in [0.25, 0.3) is 0 Å². The summed E-state index contributed by atoms with van der Waals surface area (Å²) in [6, 6.07) is 8.56. The summed E-state index contributed by atoms with van der Waals surface area (Å²) in [6.45, 7) is 7.94. The van der Waals surface area contributed by atoms with Crippen LogP contribution in [0.2, 0.25) is 0 Å². The lowest BCUT2D eigenvalue weighted by molar-refractivity contribution is -0.124. The van der Waals surface area contributed by atoms with Gasteiger partial charge in [-0.25, -0.2) is 0 Å². The van der Waals surface area contributed by atoms with Gasteiger partial charge in [0.05, 0.1) is 6.04 Å². The highest BCUT2D eigenvalue weighted by Crippen LogP contribution is 2.31. The van der Waals surface area contributed by atoms with E-state index in [4.69, 9.17) is 0 Å². The highest BCUT2D eigenvalue weighted by molar-refractivity contribution is 7.98. The van der Waals surface area contributed by atoms with Gasteiger partial charge in [0.1, 0.15) is 0 Å². The third kappa shape index (κ3) is 4.00. The molecule has 0 aromatic heterocycles. The Morgan fingerprint density at radius 1 is 1.35 bits per heavy atom. The second kappa shape index (κ2) is 6.19. The third-order valence-electron chi connectivity index (χ3n) is 3.32. The Balaban J connectivity index is 2.02. The highest BCUT2D eigenvalue weighted by atomic mass is 32.2. The van der Waals surface area contributed by atoms with Gasteiger partial charge in [0.2, 0.25) is 5.91 Å². The van der Waals surface area contributed by atoms with Crippen molar-refractivity contribution in [1.29, 1.82) is 0 Å². The van der Waals surface area contributed by atoms with E-state index in [0.717, 1.165) is 11.5 Å². The van der Waals surface area contributed by atoms with Crippen molar-refractivity contribution in [3.63, 3.8) is 0 Å². The molecule has 0 saturated carbocycles. The molecule has 1 aliphatic rings. The van der Waals surface area contributed by atoms with Crippen molar-refractivity contribution in [3.05, 3.63) is 35.4 Å². The summed E-state index contributed by atoms with van der Waals surface area (Å²) >= 11 is 1.92. The SMILES string of the molecule is CC(NC1CSCc2ccccc21)C(=O)NC(C)(C)C. The molecule has 0 radical (unpaired) electrons. The average Bonchev–Trinajstić information content (AvgIpc) is 2.37. The second-order valence-electron chi connectivity index (χ2n) is 6.39. The molecule has 0 aliphatic carbocycles. The van der Waals surface area contributed by atoms with E-state index >= 15 is 0 Å². The Kier molecular flexibility index (Phi) is 4.76. The molecule has 1 amide bonds. The molecular weight excluding hydrogens is 268 g/mol. The monoisotopic (exact) mass is 292 g/mol. The largest absolute Gasteiger partial charge is 0.350 e. The smallest absolute Gasteiger partial charge is 0.237 e. The zero-order chi connectivity index (χ0) is 14.8.